The normalized spacial score (nSPS) is 11.9. The second-order valence-corrected chi connectivity index (χ2v) is 4.25. The molecule has 0 aromatic carbocycles. The summed E-state index contributed by atoms with van der Waals surface area (Å²) >= 11 is 0. The molecule has 0 saturated heterocycles. The first-order valence-electron chi connectivity index (χ1n) is 6.13. The number of urea groups is 1. The first-order valence-corrected chi connectivity index (χ1v) is 6.13. The van der Waals surface area contributed by atoms with E-state index in [1.165, 1.54) is 7.11 Å². The Labute approximate surface area is 116 Å². The fourth-order valence-corrected chi connectivity index (χ4v) is 1.47. The topological polar surface area (TPSA) is 114 Å². The molecule has 0 bridgehead atoms. The molecule has 20 heavy (non-hydrogen) atoms. The van der Waals surface area contributed by atoms with Crippen LogP contribution in [0.1, 0.15) is 23.8 Å². The highest BCUT2D eigenvalue weighted by atomic mass is 16.5. The molecule has 0 aliphatic heterocycles. The maximum atomic E-state index is 11.6. The van der Waals surface area contributed by atoms with E-state index < -0.39 is 18.0 Å². The first kappa shape index (κ1) is 16.0. The van der Waals surface area contributed by atoms with Crippen LogP contribution in [-0.2, 0) is 16.1 Å². The number of hydrogen-bond donors (Lipinski definition) is 3. The Bertz CT molecular complexity index is 452. The summed E-state index contributed by atoms with van der Waals surface area (Å²) in [5, 5.41) is 13.8. The molecule has 1 atom stereocenters. The van der Waals surface area contributed by atoms with Crippen molar-refractivity contribution < 1.29 is 23.8 Å². The molecule has 8 heteroatoms. The lowest BCUT2D eigenvalue weighted by Crippen LogP contribution is -2.46. The molecule has 112 valence electrons. The van der Waals surface area contributed by atoms with E-state index in [1.54, 1.807) is 13.8 Å². The fraction of sp³-hybridized carbons (Fsp3) is 0.583. The quantitative estimate of drug-likeness (QED) is 0.675. The van der Waals surface area contributed by atoms with Crippen molar-refractivity contribution in [3.8, 4) is 0 Å². The van der Waals surface area contributed by atoms with E-state index in [0.29, 0.717) is 11.7 Å². The zero-order chi connectivity index (χ0) is 15.1. The maximum Gasteiger partial charge on any atom is 0.326 e. The zero-order valence-corrected chi connectivity index (χ0v) is 11.7. The third-order valence-corrected chi connectivity index (χ3v) is 2.69. The molecule has 0 aliphatic carbocycles. The second kappa shape index (κ2) is 7.49. The summed E-state index contributed by atoms with van der Waals surface area (Å²) in [5.41, 5.74) is 0.755. The van der Waals surface area contributed by atoms with E-state index in [2.05, 4.69) is 15.6 Å². The van der Waals surface area contributed by atoms with Gasteiger partial charge in [0.1, 0.15) is 11.8 Å². The summed E-state index contributed by atoms with van der Waals surface area (Å²) in [6.07, 6.45) is 0.191. The Balaban J connectivity index is 2.43. The minimum atomic E-state index is -1.11. The van der Waals surface area contributed by atoms with Crippen LogP contribution < -0.4 is 10.6 Å². The van der Waals surface area contributed by atoms with Crippen molar-refractivity contribution >= 4 is 12.0 Å². The van der Waals surface area contributed by atoms with Crippen LogP contribution in [0.4, 0.5) is 4.79 Å². The lowest BCUT2D eigenvalue weighted by Gasteiger charge is -2.14. The average Bonchev–Trinajstić information content (AvgIpc) is 2.71. The van der Waals surface area contributed by atoms with Gasteiger partial charge in [0, 0.05) is 20.1 Å². The van der Waals surface area contributed by atoms with Crippen LogP contribution in [0.15, 0.2) is 4.42 Å². The van der Waals surface area contributed by atoms with Gasteiger partial charge in [-0.05, 0) is 13.8 Å². The first-order chi connectivity index (χ1) is 9.43. The molecule has 8 nitrogen and oxygen atoms in total. The van der Waals surface area contributed by atoms with Gasteiger partial charge in [-0.2, -0.15) is 0 Å². The van der Waals surface area contributed by atoms with Gasteiger partial charge in [-0.25, -0.2) is 14.6 Å². The van der Waals surface area contributed by atoms with E-state index in [1.807, 2.05) is 0 Å². The van der Waals surface area contributed by atoms with Gasteiger partial charge in [0.05, 0.1) is 12.2 Å². The highest BCUT2D eigenvalue weighted by Crippen LogP contribution is 2.07. The molecule has 0 saturated carbocycles. The minimum Gasteiger partial charge on any atom is -0.480 e. The molecule has 0 spiro atoms. The number of carboxylic acid groups (broad SMARTS) is 1. The van der Waals surface area contributed by atoms with Crippen molar-refractivity contribution in [2.24, 2.45) is 0 Å². The number of rotatable bonds is 7. The smallest absolute Gasteiger partial charge is 0.326 e. The summed E-state index contributed by atoms with van der Waals surface area (Å²) < 4.78 is 10.1. The Morgan fingerprint density at radius 2 is 2.15 bits per heavy atom. The number of amides is 2. The minimum absolute atomic E-state index is 0.0944. The van der Waals surface area contributed by atoms with Crippen molar-refractivity contribution in [2.45, 2.75) is 32.9 Å². The number of aromatic nitrogens is 1. The highest BCUT2D eigenvalue weighted by Gasteiger charge is 2.19. The van der Waals surface area contributed by atoms with Crippen LogP contribution in [0.5, 0.6) is 0 Å². The van der Waals surface area contributed by atoms with Crippen LogP contribution in [0, 0.1) is 13.8 Å². The third kappa shape index (κ3) is 4.88. The van der Waals surface area contributed by atoms with Crippen molar-refractivity contribution in [3.63, 3.8) is 0 Å². The Hall–Kier alpha value is -2.09. The van der Waals surface area contributed by atoms with Gasteiger partial charge < -0.3 is 24.9 Å². The molecule has 1 heterocycles. The molecular weight excluding hydrogens is 266 g/mol. The SMILES string of the molecule is COCCC(NC(=O)NCc1nc(C)c(C)o1)C(=O)O. The molecule has 3 N–H and O–H groups in total. The number of nitrogens with zero attached hydrogens (tertiary/aromatic N) is 1. The number of methoxy groups -OCH3 is 1. The van der Waals surface area contributed by atoms with Crippen LogP contribution in [0.3, 0.4) is 0 Å². The monoisotopic (exact) mass is 285 g/mol. The maximum absolute atomic E-state index is 11.6. The van der Waals surface area contributed by atoms with Gasteiger partial charge in [-0.1, -0.05) is 0 Å². The number of aryl methyl sites for hydroxylation is 2. The molecule has 0 fully saturated rings. The van der Waals surface area contributed by atoms with Crippen molar-refractivity contribution in [3.05, 3.63) is 17.3 Å². The third-order valence-electron chi connectivity index (χ3n) is 2.69. The zero-order valence-electron chi connectivity index (χ0n) is 11.7. The summed E-state index contributed by atoms with van der Waals surface area (Å²) in [4.78, 5) is 26.6. The van der Waals surface area contributed by atoms with Gasteiger partial charge in [0.25, 0.3) is 0 Å². The molecule has 1 rings (SSSR count). The highest BCUT2D eigenvalue weighted by molar-refractivity contribution is 5.82. The second-order valence-electron chi connectivity index (χ2n) is 4.25. The number of nitrogens with one attached hydrogen (secondary N) is 2. The number of carbonyl (C=O) groups excluding carboxylic acids is 1. The predicted octanol–water partition coefficient (Wildman–Crippen LogP) is 0.580. The number of aliphatic carboxylic acids is 1. The van der Waals surface area contributed by atoms with Crippen LogP contribution in [0.25, 0.3) is 0 Å². The molecule has 1 unspecified atom stereocenters. The van der Waals surface area contributed by atoms with Gasteiger partial charge in [-0.3, -0.25) is 0 Å². The van der Waals surface area contributed by atoms with Gasteiger partial charge >= 0.3 is 12.0 Å². The molecule has 2 amide bonds. The molecule has 0 radical (unpaired) electrons. The van der Waals surface area contributed by atoms with E-state index in [4.69, 9.17) is 14.3 Å². The van der Waals surface area contributed by atoms with Gasteiger partial charge in [-0.15, -0.1) is 0 Å². The number of hydrogen-bond acceptors (Lipinski definition) is 5. The Morgan fingerprint density at radius 1 is 1.45 bits per heavy atom. The van der Waals surface area contributed by atoms with E-state index in [9.17, 15) is 9.59 Å². The number of ether oxygens (including phenoxy) is 1. The van der Waals surface area contributed by atoms with Crippen LogP contribution >= 0.6 is 0 Å². The lowest BCUT2D eigenvalue weighted by atomic mass is 10.2. The summed E-state index contributed by atoms with van der Waals surface area (Å²) in [6, 6.07) is -1.59. The summed E-state index contributed by atoms with van der Waals surface area (Å²) in [6.45, 7) is 3.91. The van der Waals surface area contributed by atoms with Crippen LogP contribution in [-0.4, -0.2) is 41.8 Å². The van der Waals surface area contributed by atoms with Crippen LogP contribution in [0.2, 0.25) is 0 Å². The molecule has 1 aromatic rings. The summed E-state index contributed by atoms with van der Waals surface area (Å²) in [5.74, 6) is -0.0513. The predicted molar refractivity (Wildman–Crippen MR) is 69.3 cm³/mol. The van der Waals surface area contributed by atoms with Gasteiger partial charge in [0.15, 0.2) is 0 Å². The molecule has 1 aromatic heterocycles. The Morgan fingerprint density at radius 3 is 2.65 bits per heavy atom. The lowest BCUT2D eigenvalue weighted by molar-refractivity contribution is -0.139. The van der Waals surface area contributed by atoms with E-state index in [-0.39, 0.29) is 19.6 Å². The molecule has 0 aliphatic rings. The fourth-order valence-electron chi connectivity index (χ4n) is 1.47. The largest absolute Gasteiger partial charge is 0.480 e. The van der Waals surface area contributed by atoms with Crippen molar-refractivity contribution in [1.82, 2.24) is 15.6 Å². The molecular formula is C12H19N3O5. The van der Waals surface area contributed by atoms with Gasteiger partial charge in [0.2, 0.25) is 5.89 Å². The van der Waals surface area contributed by atoms with E-state index in [0.717, 1.165) is 5.69 Å². The number of carbonyl (C=O) groups is 2. The van der Waals surface area contributed by atoms with E-state index >= 15 is 0 Å². The van der Waals surface area contributed by atoms with Crippen molar-refractivity contribution in [2.75, 3.05) is 13.7 Å². The summed E-state index contributed by atoms with van der Waals surface area (Å²) in [7, 11) is 1.46. The average molecular weight is 285 g/mol. The van der Waals surface area contributed by atoms with Crippen molar-refractivity contribution in [1.29, 1.82) is 0 Å². The Kier molecular flexibility index (Phi) is 5.98. The number of carboxylic acids is 1. The standard InChI is InChI=1S/C12H19N3O5/c1-7-8(2)20-10(14-7)6-13-12(18)15-9(11(16)17)4-5-19-3/h9H,4-6H2,1-3H3,(H,16,17)(H2,13,15,18). The number of oxazole rings is 1.